The Hall–Kier alpha value is -3.46. The monoisotopic (exact) mass is 506 g/mol. The lowest BCUT2D eigenvalue weighted by Crippen LogP contribution is -2.45. The molecule has 196 valence electrons. The molecule has 1 aliphatic heterocycles. The second kappa shape index (κ2) is 10.5. The second-order valence-electron chi connectivity index (χ2n) is 10.3. The van der Waals surface area contributed by atoms with Gasteiger partial charge in [0.05, 0.1) is 23.6 Å². The first kappa shape index (κ1) is 25.2. The molecule has 9 heteroatoms. The van der Waals surface area contributed by atoms with Crippen LogP contribution in [-0.4, -0.2) is 31.0 Å². The zero-order chi connectivity index (χ0) is 26.1. The maximum atomic E-state index is 13.7. The highest BCUT2D eigenvalue weighted by atomic mass is 16.3. The summed E-state index contributed by atoms with van der Waals surface area (Å²) in [5.41, 5.74) is 0.812. The van der Waals surface area contributed by atoms with Gasteiger partial charge in [-0.1, -0.05) is 50.7 Å². The van der Waals surface area contributed by atoms with E-state index in [1.165, 1.54) is 20.2 Å². The van der Waals surface area contributed by atoms with Crippen molar-refractivity contribution in [3.8, 4) is 5.88 Å². The van der Waals surface area contributed by atoms with E-state index >= 15 is 0 Å². The fraction of sp³-hybridized carbons (Fsp3) is 0.500. The van der Waals surface area contributed by atoms with Crippen LogP contribution >= 0.6 is 0 Å². The number of carbonyl (C=O) groups excluding carboxylic acids is 1. The number of aliphatic hydroxyl groups is 1. The highest BCUT2D eigenvalue weighted by Crippen LogP contribution is 2.33. The van der Waals surface area contributed by atoms with E-state index in [1.54, 1.807) is 31.2 Å². The zero-order valence-electron chi connectivity index (χ0n) is 21.2. The molecule has 0 bridgehead atoms. The number of nitrogens with zero attached hydrogens (tertiary/aromatic N) is 4. The van der Waals surface area contributed by atoms with Gasteiger partial charge in [0.2, 0.25) is 5.88 Å². The zero-order valence-corrected chi connectivity index (χ0v) is 21.2. The van der Waals surface area contributed by atoms with Crippen LogP contribution in [0.5, 0.6) is 5.88 Å². The van der Waals surface area contributed by atoms with E-state index in [1.807, 2.05) is 0 Å². The molecule has 37 heavy (non-hydrogen) atoms. The third kappa shape index (κ3) is 4.68. The SMILES string of the molecule is CC1=NN(c2ccc(CO)cc2)C(=O)/C1=C\c1c(O)n(C2CCCCC2)c(=O)n(C2CCCCC2)c1=O. The van der Waals surface area contributed by atoms with Crippen molar-refractivity contribution in [2.24, 2.45) is 5.10 Å². The molecule has 0 atom stereocenters. The van der Waals surface area contributed by atoms with Crippen LogP contribution in [0.25, 0.3) is 6.08 Å². The van der Waals surface area contributed by atoms with Crippen LogP contribution in [0.4, 0.5) is 5.69 Å². The Kier molecular flexibility index (Phi) is 7.15. The van der Waals surface area contributed by atoms with Gasteiger partial charge in [0.1, 0.15) is 5.56 Å². The molecule has 0 spiro atoms. The molecule has 2 aromatic rings. The number of amides is 1. The third-order valence-electron chi connectivity index (χ3n) is 7.92. The first-order chi connectivity index (χ1) is 17.9. The lowest BCUT2D eigenvalue weighted by molar-refractivity contribution is -0.114. The summed E-state index contributed by atoms with van der Waals surface area (Å²) in [4.78, 5) is 40.7. The van der Waals surface area contributed by atoms with Crippen molar-refractivity contribution in [3.05, 3.63) is 61.8 Å². The van der Waals surface area contributed by atoms with Crippen LogP contribution in [0.2, 0.25) is 0 Å². The Labute approximate surface area is 215 Å². The largest absolute Gasteiger partial charge is 0.494 e. The van der Waals surface area contributed by atoms with Crippen LogP contribution < -0.4 is 16.3 Å². The predicted molar refractivity (Wildman–Crippen MR) is 142 cm³/mol. The molecule has 0 radical (unpaired) electrons. The first-order valence-corrected chi connectivity index (χ1v) is 13.3. The van der Waals surface area contributed by atoms with E-state index in [-0.39, 0.29) is 35.7 Å². The standard InChI is InChI=1S/C28H34N4O5/c1-18-23(27(36)32(29-18)22-14-12-19(17-33)13-15-22)16-24-25(34)30(20-8-4-2-5-9-20)28(37)31(26(24)35)21-10-6-3-7-11-21/h12-16,20-21,33-34H,2-11,17H2,1H3/b23-16-. The van der Waals surface area contributed by atoms with Crippen molar-refractivity contribution < 1.29 is 15.0 Å². The number of hydrogen-bond donors (Lipinski definition) is 2. The molecule has 0 saturated heterocycles. The van der Waals surface area contributed by atoms with Crippen LogP contribution in [-0.2, 0) is 11.4 Å². The number of hydrazone groups is 1. The van der Waals surface area contributed by atoms with E-state index in [4.69, 9.17) is 0 Å². The van der Waals surface area contributed by atoms with Crippen molar-refractivity contribution in [2.45, 2.75) is 89.8 Å². The van der Waals surface area contributed by atoms with Gasteiger partial charge in [-0.25, -0.2) is 4.79 Å². The number of benzene rings is 1. The van der Waals surface area contributed by atoms with Gasteiger partial charge in [-0.2, -0.15) is 10.1 Å². The van der Waals surface area contributed by atoms with Gasteiger partial charge in [-0.15, -0.1) is 0 Å². The van der Waals surface area contributed by atoms with Gasteiger partial charge in [0, 0.05) is 12.1 Å². The van der Waals surface area contributed by atoms with Gasteiger partial charge in [0.25, 0.3) is 11.5 Å². The van der Waals surface area contributed by atoms with Gasteiger partial charge in [-0.05, 0) is 56.4 Å². The highest BCUT2D eigenvalue weighted by Gasteiger charge is 2.32. The Morgan fingerprint density at radius 1 is 0.892 bits per heavy atom. The maximum absolute atomic E-state index is 13.7. The summed E-state index contributed by atoms with van der Waals surface area (Å²) >= 11 is 0. The van der Waals surface area contributed by atoms with Gasteiger partial charge >= 0.3 is 5.69 Å². The molecule has 2 fully saturated rings. The minimum atomic E-state index is -0.555. The first-order valence-electron chi connectivity index (χ1n) is 13.3. The number of aromatic nitrogens is 2. The van der Waals surface area contributed by atoms with E-state index in [2.05, 4.69) is 5.10 Å². The van der Waals surface area contributed by atoms with E-state index < -0.39 is 17.2 Å². The molecule has 1 amide bonds. The summed E-state index contributed by atoms with van der Waals surface area (Å²) in [6, 6.07) is 6.43. The fourth-order valence-corrected chi connectivity index (χ4v) is 5.85. The summed E-state index contributed by atoms with van der Waals surface area (Å²) in [5.74, 6) is -0.791. The van der Waals surface area contributed by atoms with Gasteiger partial charge in [0.15, 0.2) is 0 Å². The topological polar surface area (TPSA) is 117 Å². The minimum Gasteiger partial charge on any atom is -0.494 e. The summed E-state index contributed by atoms with van der Waals surface area (Å²) < 4.78 is 2.73. The second-order valence-corrected chi connectivity index (χ2v) is 10.3. The van der Waals surface area contributed by atoms with Crippen molar-refractivity contribution in [1.82, 2.24) is 9.13 Å². The van der Waals surface area contributed by atoms with Gasteiger partial charge < -0.3 is 10.2 Å². The number of anilines is 1. The van der Waals surface area contributed by atoms with Crippen molar-refractivity contribution in [3.63, 3.8) is 0 Å². The number of aliphatic hydroxyl groups excluding tert-OH is 1. The summed E-state index contributed by atoms with van der Waals surface area (Å²) in [7, 11) is 0. The number of hydrogen-bond acceptors (Lipinski definition) is 6. The highest BCUT2D eigenvalue weighted by molar-refractivity contribution is 6.32. The average Bonchev–Trinajstić information content (AvgIpc) is 3.20. The summed E-state index contributed by atoms with van der Waals surface area (Å²) in [6.07, 6.45) is 10.4. The van der Waals surface area contributed by atoms with Gasteiger partial charge in [-0.3, -0.25) is 18.7 Å². The molecule has 2 saturated carbocycles. The normalized spacial score (nSPS) is 20.6. The number of aromatic hydroxyl groups is 1. The molecule has 2 N–H and O–H groups in total. The van der Waals surface area contributed by atoms with Crippen LogP contribution in [0, 0.1) is 0 Å². The van der Waals surface area contributed by atoms with Crippen LogP contribution in [0.15, 0.2) is 44.5 Å². The Balaban J connectivity index is 1.61. The lowest BCUT2D eigenvalue weighted by Gasteiger charge is -2.29. The molecular formula is C28H34N4O5. The molecule has 9 nitrogen and oxygen atoms in total. The molecule has 1 aromatic carbocycles. The smallest absolute Gasteiger partial charge is 0.334 e. The molecule has 5 rings (SSSR count). The Morgan fingerprint density at radius 3 is 2.03 bits per heavy atom. The van der Waals surface area contributed by atoms with Crippen molar-refractivity contribution in [2.75, 3.05) is 5.01 Å². The molecule has 1 aromatic heterocycles. The molecule has 2 aliphatic carbocycles. The van der Waals surface area contributed by atoms with Crippen LogP contribution in [0.1, 0.15) is 94.3 Å². The van der Waals surface area contributed by atoms with E-state index in [9.17, 15) is 24.6 Å². The Morgan fingerprint density at radius 2 is 1.46 bits per heavy atom. The minimum absolute atomic E-state index is 0.0360. The lowest BCUT2D eigenvalue weighted by atomic mass is 9.94. The molecular weight excluding hydrogens is 472 g/mol. The van der Waals surface area contributed by atoms with E-state index in [0.29, 0.717) is 17.0 Å². The average molecular weight is 507 g/mol. The van der Waals surface area contributed by atoms with Crippen molar-refractivity contribution in [1.29, 1.82) is 0 Å². The summed E-state index contributed by atoms with van der Waals surface area (Å²) in [5, 5.41) is 26.2. The number of rotatable bonds is 5. The molecule has 2 heterocycles. The molecule has 3 aliphatic rings. The Bertz CT molecular complexity index is 1360. The summed E-state index contributed by atoms with van der Waals surface area (Å²) in [6.45, 7) is 1.57. The third-order valence-corrected chi connectivity index (χ3v) is 7.92. The molecule has 0 unspecified atom stereocenters. The quantitative estimate of drug-likeness (QED) is 0.594. The van der Waals surface area contributed by atoms with Crippen molar-refractivity contribution >= 4 is 23.4 Å². The van der Waals surface area contributed by atoms with Crippen LogP contribution in [0.3, 0.4) is 0 Å². The maximum Gasteiger partial charge on any atom is 0.334 e. The predicted octanol–water partition coefficient (Wildman–Crippen LogP) is 4.02. The van der Waals surface area contributed by atoms with E-state index in [0.717, 1.165) is 64.2 Å². The number of carbonyl (C=O) groups is 1. The fourth-order valence-electron chi connectivity index (χ4n) is 5.85.